The Morgan fingerprint density at radius 2 is 2.29 bits per heavy atom. The van der Waals surface area contributed by atoms with Crippen molar-refractivity contribution in [1.29, 1.82) is 0 Å². The van der Waals surface area contributed by atoms with Crippen molar-refractivity contribution < 1.29 is 14.0 Å². The van der Waals surface area contributed by atoms with Gasteiger partial charge in [-0.2, -0.15) is 5.10 Å². The number of nitrogens with zero attached hydrogens (tertiary/aromatic N) is 3. The van der Waals surface area contributed by atoms with Crippen molar-refractivity contribution >= 4 is 11.6 Å². The predicted octanol–water partition coefficient (Wildman–Crippen LogP) is 2.07. The first-order chi connectivity index (χ1) is 11.4. The molecule has 1 aliphatic heterocycles. The number of carbonyl (C=O) groups excluding carboxylic acids is 1. The fourth-order valence-corrected chi connectivity index (χ4v) is 2.56. The third-order valence-electron chi connectivity index (χ3n) is 4.28. The van der Waals surface area contributed by atoms with Crippen molar-refractivity contribution in [1.82, 2.24) is 15.1 Å². The minimum atomic E-state index is -1.10. The summed E-state index contributed by atoms with van der Waals surface area (Å²) in [7, 11) is 1.85. The smallest absolute Gasteiger partial charge is 0.267 e. The minimum Gasteiger partial charge on any atom is -0.379 e. The summed E-state index contributed by atoms with van der Waals surface area (Å²) in [5.74, 6) is -0.610. The van der Waals surface area contributed by atoms with Crippen LogP contribution in [-0.4, -0.2) is 27.0 Å². The number of amides is 1. The quantitative estimate of drug-likeness (QED) is 0.933. The topological polar surface area (TPSA) is 68.5 Å². The molecule has 0 fully saturated rings. The summed E-state index contributed by atoms with van der Waals surface area (Å²) in [5.41, 5.74) is 2.01. The molecule has 0 radical (unpaired) electrons. The summed E-state index contributed by atoms with van der Waals surface area (Å²) in [4.78, 5) is 17.9. The molecule has 6 nitrogen and oxygen atoms in total. The van der Waals surface area contributed by atoms with E-state index in [-0.39, 0.29) is 18.1 Å². The zero-order valence-electron chi connectivity index (χ0n) is 13.8. The van der Waals surface area contributed by atoms with Crippen molar-refractivity contribution in [3.05, 3.63) is 53.1 Å². The summed E-state index contributed by atoms with van der Waals surface area (Å²) in [6.07, 6.45) is 2.01. The second-order valence-electron chi connectivity index (χ2n) is 6.11. The second-order valence-corrected chi connectivity index (χ2v) is 6.11. The van der Waals surface area contributed by atoms with Crippen LogP contribution >= 0.6 is 0 Å². The van der Waals surface area contributed by atoms with Crippen LogP contribution in [0.2, 0.25) is 0 Å². The van der Waals surface area contributed by atoms with Crippen LogP contribution in [0.4, 0.5) is 4.39 Å². The maximum absolute atomic E-state index is 13.3. The highest BCUT2D eigenvalue weighted by Crippen LogP contribution is 2.27. The van der Waals surface area contributed by atoms with Crippen LogP contribution in [0.25, 0.3) is 0 Å². The fraction of sp³-hybridized carbons (Fsp3) is 0.353. The molecular formula is C17H19FN4O2. The van der Waals surface area contributed by atoms with Crippen LogP contribution in [0.3, 0.4) is 0 Å². The molecule has 0 unspecified atom stereocenters. The molecule has 0 spiro atoms. The molecule has 0 bridgehead atoms. The number of hydrogen-bond donors (Lipinski definition) is 1. The van der Waals surface area contributed by atoms with Gasteiger partial charge in [0.1, 0.15) is 5.82 Å². The number of rotatable bonds is 4. The summed E-state index contributed by atoms with van der Waals surface area (Å²) >= 11 is 0. The van der Waals surface area contributed by atoms with Gasteiger partial charge in [0, 0.05) is 36.8 Å². The van der Waals surface area contributed by atoms with Gasteiger partial charge < -0.3 is 10.2 Å². The molecule has 0 saturated carbocycles. The Balaban J connectivity index is 1.65. The highest BCUT2D eigenvalue weighted by Gasteiger charge is 2.42. The molecule has 7 heteroatoms. The minimum absolute atomic E-state index is 0.263. The van der Waals surface area contributed by atoms with Gasteiger partial charge >= 0.3 is 0 Å². The third kappa shape index (κ3) is 3.02. The molecule has 126 valence electrons. The first kappa shape index (κ1) is 16.2. The summed E-state index contributed by atoms with van der Waals surface area (Å²) in [5, 5.41) is 11.0. The van der Waals surface area contributed by atoms with Crippen LogP contribution in [0.5, 0.6) is 0 Å². The molecule has 1 aliphatic rings. The van der Waals surface area contributed by atoms with Crippen LogP contribution in [0.1, 0.15) is 30.2 Å². The van der Waals surface area contributed by atoms with Gasteiger partial charge in [-0.05, 0) is 26.0 Å². The van der Waals surface area contributed by atoms with Gasteiger partial charge in [-0.3, -0.25) is 9.48 Å². The van der Waals surface area contributed by atoms with E-state index < -0.39 is 5.60 Å². The molecule has 1 aromatic carbocycles. The average molecular weight is 330 g/mol. The maximum atomic E-state index is 13.3. The molecule has 24 heavy (non-hydrogen) atoms. The molecular weight excluding hydrogens is 311 g/mol. The first-order valence-corrected chi connectivity index (χ1v) is 7.66. The van der Waals surface area contributed by atoms with Gasteiger partial charge in [0.05, 0.1) is 11.9 Å². The molecule has 1 N–H and O–H groups in total. The first-order valence-electron chi connectivity index (χ1n) is 7.66. The summed E-state index contributed by atoms with van der Waals surface area (Å²) in [6, 6.07) is 6.09. The van der Waals surface area contributed by atoms with Crippen molar-refractivity contribution in [3.63, 3.8) is 0 Å². The second kappa shape index (κ2) is 6.07. The lowest BCUT2D eigenvalue weighted by atomic mass is 9.95. The van der Waals surface area contributed by atoms with Crippen molar-refractivity contribution in [2.75, 3.05) is 0 Å². The Kier molecular flexibility index (Phi) is 4.09. The van der Waals surface area contributed by atoms with E-state index in [1.165, 1.54) is 12.1 Å². The van der Waals surface area contributed by atoms with E-state index in [2.05, 4.69) is 15.6 Å². The van der Waals surface area contributed by atoms with Gasteiger partial charge in [-0.1, -0.05) is 17.3 Å². The standard InChI is InChI=1S/C17H19FN4O2/c1-11-13(10-20-22(11)3)9-19-16(23)17(2)8-15(21-24-17)12-5-4-6-14(18)7-12/h4-7,10H,8-9H2,1-3H3,(H,19,23)/t17-/m1/s1. The van der Waals surface area contributed by atoms with E-state index >= 15 is 0 Å². The molecule has 2 heterocycles. The van der Waals surface area contributed by atoms with E-state index in [9.17, 15) is 9.18 Å². The van der Waals surface area contributed by atoms with Crippen molar-refractivity contribution in [3.8, 4) is 0 Å². The van der Waals surface area contributed by atoms with Gasteiger partial charge in [0.25, 0.3) is 5.91 Å². The third-order valence-corrected chi connectivity index (χ3v) is 4.28. The Hall–Kier alpha value is -2.70. The normalized spacial score (nSPS) is 19.8. The zero-order valence-corrected chi connectivity index (χ0v) is 13.8. The molecule has 0 saturated heterocycles. The van der Waals surface area contributed by atoms with Gasteiger partial charge in [0.2, 0.25) is 5.60 Å². The SMILES string of the molecule is Cc1c(CNC(=O)[C@@]2(C)CC(c3cccc(F)c3)=NO2)cnn1C. The lowest BCUT2D eigenvalue weighted by Gasteiger charge is -2.20. The molecule has 0 aliphatic carbocycles. The number of aromatic nitrogens is 2. The number of aryl methyl sites for hydroxylation is 1. The lowest BCUT2D eigenvalue weighted by Crippen LogP contribution is -2.44. The van der Waals surface area contributed by atoms with Crippen molar-refractivity contribution in [2.24, 2.45) is 12.2 Å². The Morgan fingerprint density at radius 3 is 2.96 bits per heavy atom. The largest absolute Gasteiger partial charge is 0.379 e. The fourth-order valence-electron chi connectivity index (χ4n) is 2.56. The van der Waals surface area contributed by atoms with Gasteiger partial charge in [0.15, 0.2) is 0 Å². The van der Waals surface area contributed by atoms with Gasteiger partial charge in [-0.15, -0.1) is 0 Å². The number of oxime groups is 1. The number of benzene rings is 1. The number of carbonyl (C=O) groups is 1. The van der Waals surface area contributed by atoms with Crippen LogP contribution in [0.15, 0.2) is 35.6 Å². The molecule has 2 aromatic rings. The zero-order chi connectivity index (χ0) is 17.3. The Labute approximate surface area is 139 Å². The molecule has 3 rings (SSSR count). The van der Waals surface area contributed by atoms with E-state index in [1.807, 2.05) is 14.0 Å². The molecule has 1 atom stereocenters. The lowest BCUT2D eigenvalue weighted by molar-refractivity contribution is -0.141. The monoisotopic (exact) mass is 330 g/mol. The highest BCUT2D eigenvalue weighted by atomic mass is 19.1. The van der Waals surface area contributed by atoms with Crippen molar-refractivity contribution in [2.45, 2.75) is 32.4 Å². The van der Waals surface area contributed by atoms with E-state index in [4.69, 9.17) is 4.84 Å². The molecule has 1 amide bonds. The highest BCUT2D eigenvalue weighted by molar-refractivity contribution is 6.05. The Bertz CT molecular complexity index is 815. The summed E-state index contributed by atoms with van der Waals surface area (Å²) in [6.45, 7) is 3.98. The van der Waals surface area contributed by atoms with Gasteiger partial charge in [-0.25, -0.2) is 4.39 Å². The summed E-state index contributed by atoms with van der Waals surface area (Å²) < 4.78 is 15.1. The number of halogens is 1. The maximum Gasteiger partial charge on any atom is 0.267 e. The van der Waals surface area contributed by atoms with E-state index in [0.717, 1.165) is 11.3 Å². The van der Waals surface area contributed by atoms with Crippen LogP contribution in [-0.2, 0) is 23.2 Å². The number of nitrogens with one attached hydrogen (secondary N) is 1. The Morgan fingerprint density at radius 1 is 1.50 bits per heavy atom. The number of hydrogen-bond acceptors (Lipinski definition) is 4. The molecule has 1 aromatic heterocycles. The average Bonchev–Trinajstić information content (AvgIpc) is 3.11. The van der Waals surface area contributed by atoms with Crippen LogP contribution in [0, 0.1) is 12.7 Å². The van der Waals surface area contributed by atoms with Crippen LogP contribution < -0.4 is 5.32 Å². The van der Waals surface area contributed by atoms with E-state index in [1.54, 1.807) is 29.9 Å². The predicted molar refractivity (Wildman–Crippen MR) is 86.8 cm³/mol. The van der Waals surface area contributed by atoms with E-state index in [0.29, 0.717) is 17.8 Å².